The lowest BCUT2D eigenvalue weighted by molar-refractivity contribution is -0.198. The minimum Gasteiger partial charge on any atom is -0.449 e. The van der Waals surface area contributed by atoms with Crippen LogP contribution in [0.3, 0.4) is 0 Å². The van der Waals surface area contributed by atoms with Crippen molar-refractivity contribution in [2.45, 2.75) is 108 Å². The first kappa shape index (κ1) is 38.8. The molecule has 0 radical (unpaired) electrons. The molecule has 5 atom stereocenters. The quantitative estimate of drug-likeness (QED) is 0.0916. The van der Waals surface area contributed by atoms with Gasteiger partial charge in [-0.05, 0) is 64.4 Å². The van der Waals surface area contributed by atoms with Crippen LogP contribution in [0.25, 0.3) is 11.1 Å². The van der Waals surface area contributed by atoms with Crippen LogP contribution in [0.5, 0.6) is 0 Å². The number of nitrogens with one attached hydrogen (secondary N) is 1. The Labute approximate surface area is 307 Å². The normalized spacial score (nSPS) is 24.3. The van der Waals surface area contributed by atoms with Crippen molar-refractivity contribution in [1.82, 2.24) is 5.32 Å². The van der Waals surface area contributed by atoms with Crippen LogP contribution in [0.1, 0.15) is 68.2 Å². The molecule has 282 valence electrons. The zero-order valence-corrected chi connectivity index (χ0v) is 32.6. The Bertz CT molecular complexity index is 1670. The van der Waals surface area contributed by atoms with Crippen molar-refractivity contribution in [2.24, 2.45) is 0 Å². The third-order valence-electron chi connectivity index (χ3n) is 10.9. The SMILES string of the molecule is CCCCOCC1O[C@@H](CC(C)(C)[Si](C)(C)O)[C@@H](NC(=O)OCC2c3ccccc3-c3ccccc32)[C@@H](O)[C@@H]1OP1(=O)OCc2ccccc2CO1. The average molecular weight is 754 g/mol. The predicted octanol–water partition coefficient (Wildman–Crippen LogP) is 7.45. The van der Waals surface area contributed by atoms with Crippen LogP contribution in [-0.4, -0.2) is 74.6 Å². The van der Waals surface area contributed by atoms with Crippen molar-refractivity contribution in [2.75, 3.05) is 19.8 Å². The lowest BCUT2D eigenvalue weighted by atomic mass is 9.88. The summed E-state index contributed by atoms with van der Waals surface area (Å²) in [5.41, 5.74) is 5.99. The van der Waals surface area contributed by atoms with E-state index in [4.69, 9.17) is 27.8 Å². The first-order valence-corrected chi connectivity index (χ1v) is 22.6. The first-order valence-electron chi connectivity index (χ1n) is 18.2. The van der Waals surface area contributed by atoms with E-state index in [2.05, 4.69) is 24.4 Å². The Hall–Kier alpha value is -2.90. The molecule has 1 aliphatic carbocycles. The molecular weight excluding hydrogens is 701 g/mol. The van der Waals surface area contributed by atoms with E-state index in [0.717, 1.165) is 46.2 Å². The van der Waals surface area contributed by atoms with Crippen molar-refractivity contribution in [3.05, 3.63) is 95.1 Å². The summed E-state index contributed by atoms with van der Waals surface area (Å²) in [6, 6.07) is 22.5. The van der Waals surface area contributed by atoms with Crippen molar-refractivity contribution in [1.29, 1.82) is 0 Å². The molecule has 1 amide bonds. The van der Waals surface area contributed by atoms with E-state index in [1.165, 1.54) is 0 Å². The molecule has 0 aromatic heterocycles. The number of carbonyl (C=O) groups is 1. The van der Waals surface area contributed by atoms with Gasteiger partial charge in [-0.3, -0.25) is 13.6 Å². The second kappa shape index (κ2) is 16.2. The lowest BCUT2D eigenvalue weighted by Gasteiger charge is -2.48. The van der Waals surface area contributed by atoms with Crippen molar-refractivity contribution < 1.29 is 47.0 Å². The zero-order chi connectivity index (χ0) is 37.1. The Kier molecular flexibility index (Phi) is 12.1. The number of aliphatic hydroxyl groups is 1. The maximum Gasteiger partial charge on any atom is 0.475 e. The number of ether oxygens (including phenoxy) is 3. The highest BCUT2D eigenvalue weighted by atomic mass is 31.2. The number of benzene rings is 3. The van der Waals surface area contributed by atoms with Gasteiger partial charge in [0.2, 0.25) is 0 Å². The fourth-order valence-corrected chi connectivity index (χ4v) is 9.06. The van der Waals surface area contributed by atoms with E-state index in [-0.39, 0.29) is 32.3 Å². The number of alkyl carbamates (subject to hydrolysis) is 1. The maximum atomic E-state index is 14.1. The molecule has 3 aliphatic rings. The lowest BCUT2D eigenvalue weighted by Crippen LogP contribution is -2.65. The summed E-state index contributed by atoms with van der Waals surface area (Å²) in [4.78, 5) is 24.9. The number of hydrogen-bond acceptors (Lipinski definition) is 10. The number of carbonyl (C=O) groups excluding carboxylic acids is 1. The highest BCUT2D eigenvalue weighted by Gasteiger charge is 2.53. The number of phosphoric acid groups is 1. The molecule has 11 nitrogen and oxygen atoms in total. The Morgan fingerprint density at radius 1 is 0.923 bits per heavy atom. The summed E-state index contributed by atoms with van der Waals surface area (Å²) in [6.45, 7) is 10.2. The molecule has 3 aromatic carbocycles. The molecule has 0 spiro atoms. The van der Waals surface area contributed by atoms with E-state index < -0.39 is 57.7 Å². The largest absolute Gasteiger partial charge is 0.475 e. The second-order valence-electron chi connectivity index (χ2n) is 15.1. The number of rotatable bonds is 13. The third-order valence-corrected chi connectivity index (χ3v) is 15.8. The van der Waals surface area contributed by atoms with Crippen LogP contribution in [-0.2, 0) is 45.6 Å². The van der Waals surface area contributed by atoms with Crippen molar-refractivity contribution in [3.8, 4) is 11.1 Å². The van der Waals surface area contributed by atoms with Crippen LogP contribution in [0.4, 0.5) is 4.79 Å². The van der Waals surface area contributed by atoms with Gasteiger partial charge in [0.25, 0.3) is 0 Å². The Morgan fingerprint density at radius 3 is 2.08 bits per heavy atom. The van der Waals surface area contributed by atoms with Crippen LogP contribution in [0.15, 0.2) is 72.8 Å². The summed E-state index contributed by atoms with van der Waals surface area (Å²) < 4.78 is 50.2. The molecule has 13 heteroatoms. The van der Waals surface area contributed by atoms with Gasteiger partial charge in [-0.25, -0.2) is 9.36 Å². The number of amides is 1. The molecule has 3 N–H and O–H groups in total. The number of phosphoric ester groups is 1. The summed E-state index contributed by atoms with van der Waals surface area (Å²) in [6.07, 6.45) is -3.12. The summed E-state index contributed by atoms with van der Waals surface area (Å²) in [5, 5.41) is 14.4. The van der Waals surface area contributed by atoms with Crippen LogP contribution < -0.4 is 5.32 Å². The molecule has 2 heterocycles. The summed E-state index contributed by atoms with van der Waals surface area (Å²) >= 11 is 0. The van der Waals surface area contributed by atoms with Crippen molar-refractivity contribution >= 4 is 22.2 Å². The van der Waals surface area contributed by atoms with Crippen molar-refractivity contribution in [3.63, 3.8) is 0 Å². The molecule has 2 aliphatic heterocycles. The minimum absolute atomic E-state index is 0.0107. The summed E-state index contributed by atoms with van der Waals surface area (Å²) in [5.74, 6) is -0.166. The monoisotopic (exact) mass is 753 g/mol. The van der Waals surface area contributed by atoms with Gasteiger partial charge in [-0.15, -0.1) is 0 Å². The van der Waals surface area contributed by atoms with Gasteiger partial charge in [0.05, 0.1) is 32.0 Å². The Morgan fingerprint density at radius 2 is 1.50 bits per heavy atom. The zero-order valence-electron chi connectivity index (χ0n) is 30.7. The molecule has 6 rings (SSSR count). The molecule has 52 heavy (non-hydrogen) atoms. The van der Waals surface area contributed by atoms with E-state index >= 15 is 0 Å². The number of hydrogen-bond donors (Lipinski definition) is 3. The fourth-order valence-electron chi connectivity index (χ4n) is 7.01. The molecule has 3 aromatic rings. The fraction of sp³-hybridized carbons (Fsp3) is 0.513. The maximum absolute atomic E-state index is 14.1. The molecular formula is C39H52NO10PSi. The van der Waals surface area contributed by atoms with Gasteiger partial charge in [-0.1, -0.05) is 100.0 Å². The van der Waals surface area contributed by atoms with Gasteiger partial charge < -0.3 is 29.4 Å². The third kappa shape index (κ3) is 8.56. The first-order chi connectivity index (χ1) is 24.8. The average Bonchev–Trinajstić information content (AvgIpc) is 3.33. The number of fused-ring (bicyclic) bond motifs is 4. The minimum atomic E-state index is -4.24. The predicted molar refractivity (Wildman–Crippen MR) is 199 cm³/mol. The van der Waals surface area contributed by atoms with Gasteiger partial charge in [0.1, 0.15) is 24.9 Å². The topological polar surface area (TPSA) is 142 Å². The molecule has 0 bridgehead atoms. The molecule has 1 saturated heterocycles. The molecule has 1 fully saturated rings. The van der Waals surface area contributed by atoms with Crippen LogP contribution >= 0.6 is 7.82 Å². The highest BCUT2D eigenvalue weighted by molar-refractivity contribution is 7.48. The standard InChI is InChI=1S/C39H52NO10PSi/c1-6-7-20-45-25-34-37(50-51(43)47-22-26-14-8-9-15-27(26)23-48-51)36(41)35(33(49-34)21-39(2,3)52(4,5)44)40-38(42)46-24-32-30-18-12-10-16-28(30)29-17-11-13-19-31(29)32/h8-19,32-37,41,44H,6-7,20-25H2,1-5H3,(H,40,42)/t33-,34?,35+,36+,37+/m0/s1. The number of unbranched alkanes of at least 4 members (excludes halogenated alkanes) is 1. The van der Waals surface area contributed by atoms with E-state index in [1.807, 2.05) is 87.6 Å². The Balaban J connectivity index is 1.24. The van der Waals surface area contributed by atoms with Gasteiger partial charge in [0, 0.05) is 12.5 Å². The van der Waals surface area contributed by atoms with Crippen LogP contribution in [0.2, 0.25) is 18.1 Å². The smallest absolute Gasteiger partial charge is 0.449 e. The van der Waals surface area contributed by atoms with E-state index in [1.54, 1.807) is 0 Å². The highest BCUT2D eigenvalue weighted by Crippen LogP contribution is 2.55. The van der Waals surface area contributed by atoms with Gasteiger partial charge >= 0.3 is 13.9 Å². The van der Waals surface area contributed by atoms with Crippen LogP contribution in [0, 0.1) is 0 Å². The van der Waals surface area contributed by atoms with Gasteiger partial charge in [0.15, 0.2) is 8.32 Å². The summed E-state index contributed by atoms with van der Waals surface area (Å²) in [7, 11) is -7.01. The van der Waals surface area contributed by atoms with E-state index in [9.17, 15) is 19.3 Å². The van der Waals surface area contributed by atoms with Gasteiger partial charge in [-0.2, -0.15) is 0 Å². The molecule has 1 unspecified atom stereocenters. The second-order valence-corrected chi connectivity index (χ2v) is 21.2. The van der Waals surface area contributed by atoms with E-state index in [0.29, 0.717) is 13.0 Å². The molecule has 0 saturated carbocycles. The number of aliphatic hydroxyl groups excluding tert-OH is 1.